The molecule has 4 heteroatoms. The van der Waals surface area contributed by atoms with Crippen molar-refractivity contribution in [2.24, 2.45) is 5.73 Å². The highest BCUT2D eigenvalue weighted by molar-refractivity contribution is 6.32. The Morgan fingerprint density at radius 1 is 1.05 bits per heavy atom. The number of hydrogen-bond donors (Lipinski definition) is 1. The van der Waals surface area contributed by atoms with Crippen molar-refractivity contribution in [3.05, 3.63) is 65.3 Å². The molecule has 2 N–H and O–H groups in total. The van der Waals surface area contributed by atoms with E-state index in [1.165, 1.54) is 0 Å². The van der Waals surface area contributed by atoms with Crippen LogP contribution in [0.15, 0.2) is 54.7 Å². The zero-order valence-electron chi connectivity index (χ0n) is 10.7. The number of benzene rings is 2. The lowest BCUT2D eigenvalue weighted by molar-refractivity contribution is 0.481. The van der Waals surface area contributed by atoms with Crippen LogP contribution >= 0.6 is 11.6 Å². The van der Waals surface area contributed by atoms with Crippen LogP contribution in [0.25, 0.3) is 10.9 Å². The quantitative estimate of drug-likeness (QED) is 0.786. The van der Waals surface area contributed by atoms with Crippen LogP contribution in [0.4, 0.5) is 0 Å². The third kappa shape index (κ3) is 2.33. The van der Waals surface area contributed by atoms with Gasteiger partial charge in [0.2, 0.25) is 0 Å². The van der Waals surface area contributed by atoms with E-state index in [1.807, 2.05) is 42.5 Å². The van der Waals surface area contributed by atoms with Gasteiger partial charge in [-0.05, 0) is 18.2 Å². The number of para-hydroxylation sites is 2. The fraction of sp³-hybridized carbons (Fsp3) is 0.0625. The number of aromatic nitrogens is 1. The van der Waals surface area contributed by atoms with Crippen molar-refractivity contribution >= 4 is 22.5 Å². The number of rotatable bonds is 3. The molecule has 3 aromatic rings. The first kappa shape index (κ1) is 12.9. The lowest BCUT2D eigenvalue weighted by atomic mass is 10.2. The Balaban J connectivity index is 2.10. The lowest BCUT2D eigenvalue weighted by Gasteiger charge is -2.13. The number of halogens is 1. The van der Waals surface area contributed by atoms with Gasteiger partial charge in [0.1, 0.15) is 5.52 Å². The molecule has 3 rings (SSSR count). The summed E-state index contributed by atoms with van der Waals surface area (Å²) < 4.78 is 5.97. The molecule has 2 aromatic carbocycles. The molecule has 0 atom stereocenters. The number of hydrogen-bond acceptors (Lipinski definition) is 3. The van der Waals surface area contributed by atoms with Crippen molar-refractivity contribution in [2.45, 2.75) is 6.54 Å². The minimum Gasteiger partial charge on any atom is -0.453 e. The van der Waals surface area contributed by atoms with Gasteiger partial charge in [-0.3, -0.25) is 4.98 Å². The normalized spacial score (nSPS) is 10.7. The lowest BCUT2D eigenvalue weighted by Crippen LogP contribution is -2.00. The van der Waals surface area contributed by atoms with Gasteiger partial charge < -0.3 is 10.5 Å². The van der Waals surface area contributed by atoms with E-state index < -0.39 is 0 Å². The highest BCUT2D eigenvalue weighted by Crippen LogP contribution is 2.35. The van der Waals surface area contributed by atoms with Crippen molar-refractivity contribution in [3.63, 3.8) is 0 Å². The standard InChI is InChI=1S/C16H13ClN2O/c17-13-7-1-5-12(10-18)16(13)20-14-8-2-4-11-6-3-9-19-15(11)14/h1-9H,10,18H2. The first-order valence-corrected chi connectivity index (χ1v) is 6.66. The predicted molar refractivity (Wildman–Crippen MR) is 81.2 cm³/mol. The molecule has 1 heterocycles. The van der Waals surface area contributed by atoms with Gasteiger partial charge in [0.25, 0.3) is 0 Å². The van der Waals surface area contributed by atoms with Crippen LogP contribution in [0.1, 0.15) is 5.56 Å². The van der Waals surface area contributed by atoms with E-state index in [9.17, 15) is 0 Å². The van der Waals surface area contributed by atoms with Crippen molar-refractivity contribution < 1.29 is 4.74 Å². The summed E-state index contributed by atoms with van der Waals surface area (Å²) in [4.78, 5) is 4.36. The van der Waals surface area contributed by atoms with Crippen molar-refractivity contribution in [2.75, 3.05) is 0 Å². The van der Waals surface area contributed by atoms with Crippen LogP contribution in [0.3, 0.4) is 0 Å². The summed E-state index contributed by atoms with van der Waals surface area (Å²) in [5.74, 6) is 1.26. The second kappa shape index (κ2) is 5.49. The average molecular weight is 285 g/mol. The molecule has 100 valence electrons. The molecule has 0 bridgehead atoms. The minimum atomic E-state index is 0.369. The molecule has 0 aliphatic carbocycles. The van der Waals surface area contributed by atoms with Gasteiger partial charge in [0.15, 0.2) is 11.5 Å². The maximum atomic E-state index is 6.21. The zero-order chi connectivity index (χ0) is 13.9. The van der Waals surface area contributed by atoms with Crippen LogP contribution < -0.4 is 10.5 Å². The summed E-state index contributed by atoms with van der Waals surface area (Å²) in [6.07, 6.45) is 1.74. The largest absolute Gasteiger partial charge is 0.453 e. The summed E-state index contributed by atoms with van der Waals surface area (Å²) >= 11 is 6.21. The molecule has 0 saturated heterocycles. The Bertz CT molecular complexity index is 753. The second-order valence-corrected chi connectivity index (χ2v) is 4.77. The van der Waals surface area contributed by atoms with E-state index in [2.05, 4.69) is 4.98 Å². The van der Waals surface area contributed by atoms with E-state index in [1.54, 1.807) is 12.3 Å². The Labute approximate surface area is 122 Å². The maximum Gasteiger partial charge on any atom is 0.153 e. The molecule has 0 radical (unpaired) electrons. The van der Waals surface area contributed by atoms with E-state index in [0.717, 1.165) is 16.5 Å². The Morgan fingerprint density at radius 2 is 1.85 bits per heavy atom. The first-order chi connectivity index (χ1) is 9.79. The van der Waals surface area contributed by atoms with Gasteiger partial charge in [0, 0.05) is 23.7 Å². The van der Waals surface area contributed by atoms with Crippen molar-refractivity contribution in [1.82, 2.24) is 4.98 Å². The molecule has 0 saturated carbocycles. The van der Waals surface area contributed by atoms with Crippen molar-refractivity contribution in [1.29, 1.82) is 0 Å². The first-order valence-electron chi connectivity index (χ1n) is 6.28. The summed E-state index contributed by atoms with van der Waals surface area (Å²) in [5.41, 5.74) is 7.40. The van der Waals surface area contributed by atoms with Crippen LogP contribution in [-0.2, 0) is 6.54 Å². The molecule has 20 heavy (non-hydrogen) atoms. The molecule has 0 fully saturated rings. The van der Waals surface area contributed by atoms with Gasteiger partial charge >= 0.3 is 0 Å². The molecule has 1 aromatic heterocycles. The summed E-state index contributed by atoms with van der Waals surface area (Å²) in [6.45, 7) is 0.369. The molecular weight excluding hydrogens is 272 g/mol. The number of fused-ring (bicyclic) bond motifs is 1. The molecular formula is C16H13ClN2O. The van der Waals surface area contributed by atoms with Crippen LogP contribution in [0.5, 0.6) is 11.5 Å². The number of pyridine rings is 1. The van der Waals surface area contributed by atoms with Crippen LogP contribution in [-0.4, -0.2) is 4.98 Å². The van der Waals surface area contributed by atoms with E-state index in [-0.39, 0.29) is 0 Å². The highest BCUT2D eigenvalue weighted by atomic mass is 35.5. The summed E-state index contributed by atoms with van der Waals surface area (Å²) in [6, 6.07) is 15.2. The molecule has 0 aliphatic rings. The second-order valence-electron chi connectivity index (χ2n) is 4.37. The van der Waals surface area contributed by atoms with Gasteiger partial charge in [-0.25, -0.2) is 0 Å². The third-order valence-electron chi connectivity index (χ3n) is 3.08. The predicted octanol–water partition coefficient (Wildman–Crippen LogP) is 4.14. The minimum absolute atomic E-state index is 0.369. The maximum absolute atomic E-state index is 6.21. The molecule has 3 nitrogen and oxygen atoms in total. The topological polar surface area (TPSA) is 48.1 Å². The number of ether oxygens (including phenoxy) is 1. The van der Waals surface area contributed by atoms with E-state index in [4.69, 9.17) is 22.1 Å². The molecule has 0 spiro atoms. The van der Waals surface area contributed by atoms with Gasteiger partial charge in [-0.15, -0.1) is 0 Å². The molecule has 0 unspecified atom stereocenters. The SMILES string of the molecule is NCc1cccc(Cl)c1Oc1cccc2cccnc12. The summed E-state index contributed by atoms with van der Waals surface area (Å²) in [7, 11) is 0. The van der Waals surface area contributed by atoms with E-state index in [0.29, 0.717) is 23.1 Å². The zero-order valence-corrected chi connectivity index (χ0v) is 11.5. The number of nitrogens with two attached hydrogens (primary N) is 1. The fourth-order valence-corrected chi connectivity index (χ4v) is 2.33. The molecule has 0 aliphatic heterocycles. The van der Waals surface area contributed by atoms with Crippen LogP contribution in [0.2, 0.25) is 5.02 Å². The smallest absolute Gasteiger partial charge is 0.153 e. The highest BCUT2D eigenvalue weighted by Gasteiger charge is 2.11. The monoisotopic (exact) mass is 284 g/mol. The van der Waals surface area contributed by atoms with Gasteiger partial charge in [-0.1, -0.05) is 41.9 Å². The van der Waals surface area contributed by atoms with Gasteiger partial charge in [-0.2, -0.15) is 0 Å². The summed E-state index contributed by atoms with van der Waals surface area (Å²) in [5, 5.41) is 1.56. The van der Waals surface area contributed by atoms with E-state index >= 15 is 0 Å². The van der Waals surface area contributed by atoms with Crippen LogP contribution in [0, 0.1) is 0 Å². The Morgan fingerprint density at radius 3 is 2.70 bits per heavy atom. The van der Waals surface area contributed by atoms with Crippen molar-refractivity contribution in [3.8, 4) is 11.5 Å². The molecule has 0 amide bonds. The third-order valence-corrected chi connectivity index (χ3v) is 3.37. The average Bonchev–Trinajstić information content (AvgIpc) is 2.49. The Kier molecular flexibility index (Phi) is 3.54. The fourth-order valence-electron chi connectivity index (χ4n) is 2.10. The number of nitrogens with zero attached hydrogens (tertiary/aromatic N) is 1. The van der Waals surface area contributed by atoms with Gasteiger partial charge in [0.05, 0.1) is 5.02 Å². The Hall–Kier alpha value is -2.10.